The Morgan fingerprint density at radius 3 is 2.46 bits per heavy atom. The van der Waals surface area contributed by atoms with Crippen molar-refractivity contribution < 1.29 is 19.4 Å². The molecule has 0 amide bonds. The molecule has 0 unspecified atom stereocenters. The van der Waals surface area contributed by atoms with Gasteiger partial charge in [0, 0.05) is 22.2 Å². The fraction of sp³-hybridized carbons (Fsp3) is 0.100. The first-order valence-corrected chi connectivity index (χ1v) is 11.7. The third-order valence-corrected chi connectivity index (χ3v) is 6.49. The van der Waals surface area contributed by atoms with E-state index in [1.54, 1.807) is 65.2 Å². The standard InChI is InChI=1S/C30H24FN3O3/c1-18-9-11-23(13-19(18)2)34-27-12-10-20(16-31)15-25(27)28(30(34)37)33-32-26-8-4-7-24(29(26)36)22-6-3-5-21(14-22)17-35/h3-15,17,36-37H,16H2,1-2H3. The molecule has 0 saturated heterocycles. The predicted octanol–water partition coefficient (Wildman–Crippen LogP) is 8.02. The number of aromatic nitrogens is 1. The molecule has 0 radical (unpaired) electrons. The fourth-order valence-corrected chi connectivity index (χ4v) is 4.34. The van der Waals surface area contributed by atoms with Gasteiger partial charge in [0.2, 0.25) is 5.88 Å². The highest BCUT2D eigenvalue weighted by Crippen LogP contribution is 2.44. The van der Waals surface area contributed by atoms with E-state index in [0.29, 0.717) is 33.2 Å². The number of hydrogen-bond acceptors (Lipinski definition) is 5. The van der Waals surface area contributed by atoms with Crippen molar-refractivity contribution in [1.82, 2.24) is 4.57 Å². The van der Waals surface area contributed by atoms with Crippen LogP contribution in [0.4, 0.5) is 15.8 Å². The summed E-state index contributed by atoms with van der Waals surface area (Å²) in [5, 5.41) is 31.3. The molecule has 0 fully saturated rings. The molecule has 0 atom stereocenters. The van der Waals surface area contributed by atoms with E-state index in [1.165, 1.54) is 0 Å². The number of azo groups is 1. The third-order valence-electron chi connectivity index (χ3n) is 6.49. The smallest absolute Gasteiger partial charge is 0.225 e. The number of fused-ring (bicyclic) bond motifs is 1. The number of aryl methyl sites for hydroxylation is 2. The Morgan fingerprint density at radius 2 is 1.70 bits per heavy atom. The molecule has 5 rings (SSSR count). The van der Waals surface area contributed by atoms with Gasteiger partial charge >= 0.3 is 0 Å². The average molecular weight is 494 g/mol. The summed E-state index contributed by atoms with van der Waals surface area (Å²) in [6, 6.07) is 22.8. The molecular weight excluding hydrogens is 469 g/mol. The Hall–Kier alpha value is -4.78. The molecule has 2 N–H and O–H groups in total. The van der Waals surface area contributed by atoms with Crippen LogP contribution in [0.15, 0.2) is 89.1 Å². The summed E-state index contributed by atoms with van der Waals surface area (Å²) in [6.45, 7) is 3.34. The van der Waals surface area contributed by atoms with E-state index in [1.807, 2.05) is 32.0 Å². The zero-order chi connectivity index (χ0) is 26.1. The van der Waals surface area contributed by atoms with Crippen molar-refractivity contribution in [3.8, 4) is 28.4 Å². The highest BCUT2D eigenvalue weighted by Gasteiger charge is 2.19. The molecule has 37 heavy (non-hydrogen) atoms. The Balaban J connectivity index is 1.64. The highest BCUT2D eigenvalue weighted by atomic mass is 19.1. The number of hydrogen-bond donors (Lipinski definition) is 2. The summed E-state index contributed by atoms with van der Waals surface area (Å²) < 4.78 is 15.1. The first-order valence-electron chi connectivity index (χ1n) is 11.7. The maximum Gasteiger partial charge on any atom is 0.225 e. The van der Waals surface area contributed by atoms with Gasteiger partial charge in [-0.3, -0.25) is 9.36 Å². The van der Waals surface area contributed by atoms with Gasteiger partial charge in [-0.2, -0.15) is 0 Å². The van der Waals surface area contributed by atoms with E-state index in [2.05, 4.69) is 10.2 Å². The molecule has 0 aliphatic rings. The molecule has 4 aromatic carbocycles. The molecule has 6 nitrogen and oxygen atoms in total. The largest absolute Gasteiger partial charge is 0.505 e. The van der Waals surface area contributed by atoms with E-state index < -0.39 is 6.67 Å². The minimum Gasteiger partial charge on any atom is -0.505 e. The van der Waals surface area contributed by atoms with Crippen molar-refractivity contribution in [3.63, 3.8) is 0 Å². The number of nitrogens with zero attached hydrogens (tertiary/aromatic N) is 3. The van der Waals surface area contributed by atoms with Crippen molar-refractivity contribution in [2.24, 2.45) is 10.2 Å². The minimum absolute atomic E-state index is 0.115. The molecular formula is C30H24FN3O3. The SMILES string of the molecule is Cc1ccc(-n2c(O)c(N=Nc3cccc(-c4cccc(C=O)c4)c3O)c3cc(CF)ccc32)cc1C. The van der Waals surface area contributed by atoms with Gasteiger partial charge in [0.05, 0.1) is 5.52 Å². The monoisotopic (exact) mass is 493 g/mol. The number of carbonyl (C=O) groups excluding carboxylic acids is 1. The maximum atomic E-state index is 13.5. The van der Waals surface area contributed by atoms with Crippen molar-refractivity contribution in [1.29, 1.82) is 0 Å². The van der Waals surface area contributed by atoms with Crippen LogP contribution in [0.1, 0.15) is 27.0 Å². The van der Waals surface area contributed by atoms with Crippen LogP contribution in [0.2, 0.25) is 0 Å². The number of phenolic OH excluding ortho intramolecular Hbond substituents is 1. The zero-order valence-corrected chi connectivity index (χ0v) is 20.3. The molecule has 0 bridgehead atoms. The Morgan fingerprint density at radius 1 is 0.892 bits per heavy atom. The summed E-state index contributed by atoms with van der Waals surface area (Å²) in [4.78, 5) is 11.2. The Kier molecular flexibility index (Phi) is 6.27. The molecule has 7 heteroatoms. The second-order valence-corrected chi connectivity index (χ2v) is 8.88. The zero-order valence-electron chi connectivity index (χ0n) is 20.3. The molecule has 0 saturated carbocycles. The van der Waals surface area contributed by atoms with Gasteiger partial charge < -0.3 is 10.2 Å². The average Bonchev–Trinajstić information content (AvgIpc) is 3.19. The topological polar surface area (TPSA) is 87.2 Å². The summed E-state index contributed by atoms with van der Waals surface area (Å²) >= 11 is 0. The van der Waals surface area contributed by atoms with Gasteiger partial charge in [0.25, 0.3) is 0 Å². The summed E-state index contributed by atoms with van der Waals surface area (Å²) in [6.07, 6.45) is 0.740. The number of phenols is 1. The quantitative estimate of drug-likeness (QED) is 0.185. The van der Waals surface area contributed by atoms with Crippen LogP contribution >= 0.6 is 0 Å². The van der Waals surface area contributed by atoms with Gasteiger partial charge in [0.15, 0.2) is 11.4 Å². The Labute approximate surface area is 213 Å². The number of halogens is 1. The molecule has 0 aliphatic heterocycles. The molecule has 5 aromatic rings. The van der Waals surface area contributed by atoms with E-state index in [9.17, 15) is 19.4 Å². The van der Waals surface area contributed by atoms with Crippen LogP contribution in [0.5, 0.6) is 11.6 Å². The van der Waals surface area contributed by atoms with Crippen LogP contribution < -0.4 is 0 Å². The van der Waals surface area contributed by atoms with Gasteiger partial charge in [-0.05, 0) is 72.5 Å². The third kappa shape index (κ3) is 4.36. The fourth-order valence-electron chi connectivity index (χ4n) is 4.34. The lowest BCUT2D eigenvalue weighted by Crippen LogP contribution is -1.95. The van der Waals surface area contributed by atoms with Crippen molar-refractivity contribution >= 4 is 28.6 Å². The number of rotatable bonds is 6. The van der Waals surface area contributed by atoms with Crippen LogP contribution in [0, 0.1) is 13.8 Å². The summed E-state index contributed by atoms with van der Waals surface area (Å²) in [5.41, 5.74) is 5.98. The Bertz CT molecular complexity index is 1690. The van der Waals surface area contributed by atoms with Gasteiger partial charge in [-0.25, -0.2) is 4.39 Å². The number of alkyl halides is 1. The number of carbonyl (C=O) groups is 1. The van der Waals surface area contributed by atoms with Crippen LogP contribution in [0.3, 0.4) is 0 Å². The second kappa shape index (κ2) is 9.70. The van der Waals surface area contributed by atoms with E-state index in [0.717, 1.165) is 23.1 Å². The summed E-state index contributed by atoms with van der Waals surface area (Å²) in [5.74, 6) is -0.261. The van der Waals surface area contributed by atoms with Gasteiger partial charge in [0.1, 0.15) is 18.6 Å². The van der Waals surface area contributed by atoms with Crippen molar-refractivity contribution in [2.45, 2.75) is 20.5 Å². The van der Waals surface area contributed by atoms with Gasteiger partial charge in [-0.1, -0.05) is 42.5 Å². The number of aromatic hydroxyl groups is 2. The normalized spacial score (nSPS) is 11.4. The van der Waals surface area contributed by atoms with Crippen molar-refractivity contribution in [2.75, 3.05) is 0 Å². The lowest BCUT2D eigenvalue weighted by atomic mass is 10.0. The van der Waals surface area contributed by atoms with Crippen LogP contribution in [-0.2, 0) is 6.67 Å². The highest BCUT2D eigenvalue weighted by molar-refractivity contribution is 5.97. The van der Waals surface area contributed by atoms with E-state index in [-0.39, 0.29) is 23.0 Å². The molecule has 1 heterocycles. The minimum atomic E-state index is -0.662. The lowest BCUT2D eigenvalue weighted by molar-refractivity contribution is 0.112. The molecule has 0 spiro atoms. The van der Waals surface area contributed by atoms with Crippen molar-refractivity contribution in [3.05, 3.63) is 101 Å². The molecule has 184 valence electrons. The maximum absolute atomic E-state index is 13.5. The number of benzene rings is 4. The number of aldehydes is 1. The van der Waals surface area contributed by atoms with Crippen LogP contribution in [-0.4, -0.2) is 21.1 Å². The van der Waals surface area contributed by atoms with E-state index >= 15 is 0 Å². The molecule has 0 aliphatic carbocycles. The first-order chi connectivity index (χ1) is 17.9. The van der Waals surface area contributed by atoms with E-state index in [4.69, 9.17) is 0 Å². The first kappa shape index (κ1) is 23.9. The summed E-state index contributed by atoms with van der Waals surface area (Å²) in [7, 11) is 0. The van der Waals surface area contributed by atoms with Crippen LogP contribution in [0.25, 0.3) is 27.7 Å². The number of para-hydroxylation sites is 1. The molecule has 1 aromatic heterocycles. The second-order valence-electron chi connectivity index (χ2n) is 8.88. The predicted molar refractivity (Wildman–Crippen MR) is 142 cm³/mol. The van der Waals surface area contributed by atoms with Gasteiger partial charge in [-0.15, -0.1) is 10.2 Å². The lowest BCUT2D eigenvalue weighted by Gasteiger charge is -2.09.